The molecule has 0 fully saturated rings. The van der Waals surface area contributed by atoms with E-state index in [0.717, 1.165) is 43.5 Å². The Bertz CT molecular complexity index is 651. The summed E-state index contributed by atoms with van der Waals surface area (Å²) in [5.41, 5.74) is 2.87. The van der Waals surface area contributed by atoms with Crippen LogP contribution in [0.2, 0.25) is 0 Å². The zero-order valence-corrected chi connectivity index (χ0v) is 13.6. The number of aromatic nitrogens is 2. The maximum absolute atomic E-state index is 4.63. The SMILES string of the molecule is Cc1nc(NCC(C)C)cc(N2CCc3ccccc3C2)n1. The van der Waals surface area contributed by atoms with Crippen LogP contribution in [0.3, 0.4) is 0 Å². The van der Waals surface area contributed by atoms with Crippen LogP contribution < -0.4 is 10.2 Å². The smallest absolute Gasteiger partial charge is 0.134 e. The van der Waals surface area contributed by atoms with Gasteiger partial charge in [-0.1, -0.05) is 38.1 Å². The van der Waals surface area contributed by atoms with Gasteiger partial charge in [0.25, 0.3) is 0 Å². The number of anilines is 2. The zero-order chi connectivity index (χ0) is 15.5. The summed E-state index contributed by atoms with van der Waals surface area (Å²) in [5, 5.41) is 3.41. The molecule has 2 heterocycles. The van der Waals surface area contributed by atoms with E-state index < -0.39 is 0 Å². The van der Waals surface area contributed by atoms with E-state index in [2.05, 4.69) is 64.4 Å². The molecule has 0 radical (unpaired) electrons. The number of hydrogen-bond donors (Lipinski definition) is 1. The fourth-order valence-electron chi connectivity index (χ4n) is 2.80. The van der Waals surface area contributed by atoms with Crippen LogP contribution in [-0.2, 0) is 13.0 Å². The summed E-state index contributed by atoms with van der Waals surface area (Å²) in [6.07, 6.45) is 1.08. The number of nitrogens with one attached hydrogen (secondary N) is 1. The standard InChI is InChI=1S/C18H24N4/c1-13(2)11-19-17-10-18(21-14(3)20-17)22-9-8-15-6-4-5-7-16(15)12-22/h4-7,10,13H,8-9,11-12H2,1-3H3,(H,19,20,21). The molecular weight excluding hydrogens is 272 g/mol. The molecule has 0 amide bonds. The number of rotatable bonds is 4. The average molecular weight is 296 g/mol. The van der Waals surface area contributed by atoms with Crippen molar-refractivity contribution in [2.24, 2.45) is 5.92 Å². The van der Waals surface area contributed by atoms with E-state index in [0.29, 0.717) is 5.92 Å². The first kappa shape index (κ1) is 14.8. The average Bonchev–Trinajstić information content (AvgIpc) is 2.52. The predicted molar refractivity (Wildman–Crippen MR) is 91.3 cm³/mol. The molecule has 0 spiro atoms. The first-order chi connectivity index (χ1) is 10.6. The summed E-state index contributed by atoms with van der Waals surface area (Å²) in [7, 11) is 0. The predicted octanol–water partition coefficient (Wildman–Crippen LogP) is 3.42. The molecule has 4 nitrogen and oxygen atoms in total. The third kappa shape index (κ3) is 3.38. The van der Waals surface area contributed by atoms with Crippen LogP contribution in [0.15, 0.2) is 30.3 Å². The van der Waals surface area contributed by atoms with Gasteiger partial charge in [-0.3, -0.25) is 0 Å². The molecule has 22 heavy (non-hydrogen) atoms. The van der Waals surface area contributed by atoms with Crippen LogP contribution in [0.1, 0.15) is 30.8 Å². The summed E-state index contributed by atoms with van der Waals surface area (Å²) < 4.78 is 0. The minimum Gasteiger partial charge on any atom is -0.370 e. The van der Waals surface area contributed by atoms with E-state index in [1.807, 2.05) is 6.92 Å². The van der Waals surface area contributed by atoms with Gasteiger partial charge >= 0.3 is 0 Å². The van der Waals surface area contributed by atoms with E-state index in [4.69, 9.17) is 0 Å². The molecule has 0 bridgehead atoms. The van der Waals surface area contributed by atoms with Gasteiger partial charge in [0.2, 0.25) is 0 Å². The van der Waals surface area contributed by atoms with Crippen LogP contribution in [0, 0.1) is 12.8 Å². The zero-order valence-electron chi connectivity index (χ0n) is 13.6. The lowest BCUT2D eigenvalue weighted by atomic mass is 10.00. The van der Waals surface area contributed by atoms with Crippen LogP contribution in [0.4, 0.5) is 11.6 Å². The number of fused-ring (bicyclic) bond motifs is 1. The summed E-state index contributed by atoms with van der Waals surface area (Å²) in [6.45, 7) is 9.22. The topological polar surface area (TPSA) is 41.1 Å². The van der Waals surface area contributed by atoms with E-state index in [9.17, 15) is 0 Å². The summed E-state index contributed by atoms with van der Waals surface area (Å²) in [5.74, 6) is 3.37. The fourth-order valence-corrected chi connectivity index (χ4v) is 2.80. The minimum atomic E-state index is 0.598. The van der Waals surface area contributed by atoms with Gasteiger partial charge in [-0.05, 0) is 30.4 Å². The second-order valence-corrected chi connectivity index (χ2v) is 6.37. The van der Waals surface area contributed by atoms with Crippen molar-refractivity contribution in [3.05, 3.63) is 47.3 Å². The highest BCUT2D eigenvalue weighted by Crippen LogP contribution is 2.24. The van der Waals surface area contributed by atoms with Crippen LogP contribution >= 0.6 is 0 Å². The molecule has 3 rings (SSSR count). The van der Waals surface area contributed by atoms with Crippen molar-refractivity contribution in [1.82, 2.24) is 9.97 Å². The Morgan fingerprint density at radius 2 is 1.95 bits per heavy atom. The quantitative estimate of drug-likeness (QED) is 0.938. The first-order valence-electron chi connectivity index (χ1n) is 8.03. The molecule has 1 aliphatic heterocycles. The summed E-state index contributed by atoms with van der Waals surface area (Å²) in [6, 6.07) is 10.8. The molecule has 1 aliphatic rings. The molecule has 2 aromatic rings. The van der Waals surface area contributed by atoms with Crippen molar-refractivity contribution in [3.8, 4) is 0 Å². The van der Waals surface area contributed by atoms with Crippen molar-refractivity contribution in [2.45, 2.75) is 33.7 Å². The Kier molecular flexibility index (Phi) is 4.27. The van der Waals surface area contributed by atoms with Crippen LogP contribution in [0.5, 0.6) is 0 Å². The normalized spacial score (nSPS) is 14.1. The molecule has 0 atom stereocenters. The van der Waals surface area contributed by atoms with E-state index in [1.54, 1.807) is 0 Å². The highest BCUT2D eigenvalue weighted by atomic mass is 15.2. The molecule has 0 saturated carbocycles. The van der Waals surface area contributed by atoms with Gasteiger partial charge < -0.3 is 10.2 Å². The Balaban J connectivity index is 1.80. The molecule has 1 N–H and O–H groups in total. The van der Waals surface area contributed by atoms with Crippen molar-refractivity contribution < 1.29 is 0 Å². The second kappa shape index (κ2) is 6.34. The Labute approximate surface area is 132 Å². The molecule has 0 saturated heterocycles. The van der Waals surface area contributed by atoms with Crippen molar-refractivity contribution in [1.29, 1.82) is 0 Å². The number of hydrogen-bond acceptors (Lipinski definition) is 4. The number of aryl methyl sites for hydroxylation is 1. The molecule has 0 unspecified atom stereocenters. The van der Waals surface area contributed by atoms with Gasteiger partial charge in [-0.2, -0.15) is 0 Å². The van der Waals surface area contributed by atoms with Gasteiger partial charge in [0.1, 0.15) is 17.5 Å². The monoisotopic (exact) mass is 296 g/mol. The maximum atomic E-state index is 4.63. The lowest BCUT2D eigenvalue weighted by Crippen LogP contribution is -2.31. The molecule has 1 aromatic heterocycles. The Morgan fingerprint density at radius 1 is 1.18 bits per heavy atom. The lowest BCUT2D eigenvalue weighted by Gasteiger charge is -2.30. The fraction of sp³-hybridized carbons (Fsp3) is 0.444. The lowest BCUT2D eigenvalue weighted by molar-refractivity contribution is 0.685. The van der Waals surface area contributed by atoms with Gasteiger partial charge in [-0.25, -0.2) is 9.97 Å². The number of benzene rings is 1. The van der Waals surface area contributed by atoms with Crippen molar-refractivity contribution in [3.63, 3.8) is 0 Å². The highest BCUT2D eigenvalue weighted by Gasteiger charge is 2.18. The molecule has 116 valence electrons. The largest absolute Gasteiger partial charge is 0.370 e. The van der Waals surface area contributed by atoms with Crippen molar-refractivity contribution >= 4 is 11.6 Å². The first-order valence-corrected chi connectivity index (χ1v) is 8.03. The molecule has 4 heteroatoms. The van der Waals surface area contributed by atoms with Crippen molar-refractivity contribution in [2.75, 3.05) is 23.3 Å². The van der Waals surface area contributed by atoms with Gasteiger partial charge in [0, 0.05) is 25.7 Å². The minimum absolute atomic E-state index is 0.598. The highest BCUT2D eigenvalue weighted by molar-refractivity contribution is 5.51. The third-order valence-corrected chi connectivity index (χ3v) is 3.97. The Hall–Kier alpha value is -2.10. The van der Waals surface area contributed by atoms with Gasteiger partial charge in [-0.15, -0.1) is 0 Å². The molecular formula is C18H24N4. The molecule has 0 aliphatic carbocycles. The van der Waals surface area contributed by atoms with Gasteiger partial charge in [0.15, 0.2) is 0 Å². The third-order valence-electron chi connectivity index (χ3n) is 3.97. The van der Waals surface area contributed by atoms with Crippen LogP contribution in [-0.4, -0.2) is 23.1 Å². The molecule has 1 aromatic carbocycles. The Morgan fingerprint density at radius 3 is 2.73 bits per heavy atom. The van der Waals surface area contributed by atoms with E-state index in [-0.39, 0.29) is 0 Å². The maximum Gasteiger partial charge on any atom is 0.134 e. The van der Waals surface area contributed by atoms with Crippen LogP contribution in [0.25, 0.3) is 0 Å². The summed E-state index contributed by atoms with van der Waals surface area (Å²) >= 11 is 0. The summed E-state index contributed by atoms with van der Waals surface area (Å²) in [4.78, 5) is 11.5. The van der Waals surface area contributed by atoms with E-state index >= 15 is 0 Å². The number of nitrogens with zero attached hydrogens (tertiary/aromatic N) is 3. The second-order valence-electron chi connectivity index (χ2n) is 6.37. The van der Waals surface area contributed by atoms with E-state index in [1.165, 1.54) is 11.1 Å². The van der Waals surface area contributed by atoms with Gasteiger partial charge in [0.05, 0.1) is 0 Å².